The van der Waals surface area contributed by atoms with E-state index in [0.717, 1.165) is 5.56 Å². The van der Waals surface area contributed by atoms with Gasteiger partial charge < -0.3 is 9.64 Å². The Morgan fingerprint density at radius 1 is 1.29 bits per heavy atom. The molecule has 0 radical (unpaired) electrons. The zero-order valence-electron chi connectivity index (χ0n) is 12.2. The molecule has 1 saturated heterocycles. The van der Waals surface area contributed by atoms with Crippen molar-refractivity contribution in [3.05, 3.63) is 29.8 Å². The average Bonchev–Trinajstić information content (AvgIpc) is 2.53. The summed E-state index contributed by atoms with van der Waals surface area (Å²) in [6.07, 6.45) is 1.28. The van der Waals surface area contributed by atoms with Gasteiger partial charge >= 0.3 is 0 Å². The lowest BCUT2D eigenvalue weighted by molar-refractivity contribution is -0.137. The maximum absolute atomic E-state index is 12.1. The third-order valence-electron chi connectivity index (χ3n) is 3.74. The summed E-state index contributed by atoms with van der Waals surface area (Å²) in [6.45, 7) is 3.15. The second kappa shape index (κ2) is 7.08. The van der Waals surface area contributed by atoms with Gasteiger partial charge in [-0.25, -0.2) is 5.84 Å². The molecule has 0 atom stereocenters. The number of amides is 2. The van der Waals surface area contributed by atoms with Gasteiger partial charge in [-0.3, -0.25) is 15.0 Å². The highest BCUT2D eigenvalue weighted by Crippen LogP contribution is 2.17. The summed E-state index contributed by atoms with van der Waals surface area (Å²) < 4.78 is 5.48. The monoisotopic (exact) mass is 291 g/mol. The van der Waals surface area contributed by atoms with Crippen molar-refractivity contribution >= 4 is 11.8 Å². The number of benzene rings is 1. The highest BCUT2D eigenvalue weighted by Gasteiger charge is 2.26. The molecule has 1 aromatic rings. The van der Waals surface area contributed by atoms with E-state index in [1.54, 1.807) is 4.90 Å². The molecule has 1 heterocycles. The summed E-state index contributed by atoms with van der Waals surface area (Å²) in [7, 11) is 0. The van der Waals surface area contributed by atoms with Gasteiger partial charge in [-0.2, -0.15) is 0 Å². The number of likely N-dealkylation sites (tertiary alicyclic amines) is 1. The van der Waals surface area contributed by atoms with E-state index in [0.29, 0.717) is 31.7 Å². The Labute approximate surface area is 124 Å². The SMILES string of the molecule is Cc1ccc(OCC(=O)N2CCC(C(=O)NN)CC2)cc1. The third kappa shape index (κ3) is 4.19. The molecule has 3 N–H and O–H groups in total. The summed E-state index contributed by atoms with van der Waals surface area (Å²) in [5.74, 6) is 5.50. The van der Waals surface area contributed by atoms with Crippen LogP contribution in [-0.4, -0.2) is 36.4 Å². The lowest BCUT2D eigenvalue weighted by Gasteiger charge is -2.30. The van der Waals surface area contributed by atoms with E-state index in [2.05, 4.69) is 5.43 Å². The number of hydrazine groups is 1. The van der Waals surface area contributed by atoms with Gasteiger partial charge in [-0.1, -0.05) is 17.7 Å². The molecule has 0 spiro atoms. The van der Waals surface area contributed by atoms with Gasteiger partial charge in [-0.15, -0.1) is 0 Å². The first-order valence-corrected chi connectivity index (χ1v) is 7.08. The Kier molecular flexibility index (Phi) is 5.16. The first-order chi connectivity index (χ1) is 10.1. The number of hydrogen-bond acceptors (Lipinski definition) is 4. The smallest absolute Gasteiger partial charge is 0.260 e. The van der Waals surface area contributed by atoms with Crippen molar-refractivity contribution in [2.45, 2.75) is 19.8 Å². The van der Waals surface area contributed by atoms with E-state index < -0.39 is 0 Å². The molecular weight excluding hydrogens is 270 g/mol. The first kappa shape index (κ1) is 15.3. The zero-order chi connectivity index (χ0) is 15.2. The summed E-state index contributed by atoms with van der Waals surface area (Å²) in [5, 5.41) is 0. The number of carbonyl (C=O) groups is 2. The van der Waals surface area contributed by atoms with Crippen LogP contribution in [0.15, 0.2) is 24.3 Å². The Morgan fingerprint density at radius 2 is 1.90 bits per heavy atom. The van der Waals surface area contributed by atoms with E-state index in [9.17, 15) is 9.59 Å². The Hall–Kier alpha value is -2.08. The van der Waals surface area contributed by atoms with Crippen molar-refractivity contribution < 1.29 is 14.3 Å². The first-order valence-electron chi connectivity index (χ1n) is 7.08. The second-order valence-electron chi connectivity index (χ2n) is 5.27. The number of aryl methyl sites for hydroxylation is 1. The summed E-state index contributed by atoms with van der Waals surface area (Å²) in [6, 6.07) is 7.58. The largest absolute Gasteiger partial charge is 0.484 e. The molecule has 2 rings (SSSR count). The van der Waals surface area contributed by atoms with Gasteiger partial charge in [0.25, 0.3) is 5.91 Å². The predicted octanol–water partition coefficient (Wildman–Crippen LogP) is 0.602. The molecular formula is C15H21N3O3. The van der Waals surface area contributed by atoms with Crippen LogP contribution in [0, 0.1) is 12.8 Å². The molecule has 0 aromatic heterocycles. The van der Waals surface area contributed by atoms with Crippen LogP contribution in [0.4, 0.5) is 0 Å². The molecule has 0 aliphatic carbocycles. The summed E-state index contributed by atoms with van der Waals surface area (Å²) in [5.41, 5.74) is 3.31. The highest BCUT2D eigenvalue weighted by atomic mass is 16.5. The van der Waals surface area contributed by atoms with Crippen LogP contribution in [0.25, 0.3) is 0 Å². The molecule has 21 heavy (non-hydrogen) atoms. The molecule has 1 aliphatic heterocycles. The van der Waals surface area contributed by atoms with Gasteiger partial charge in [0.2, 0.25) is 5.91 Å². The molecule has 2 amide bonds. The van der Waals surface area contributed by atoms with Crippen molar-refractivity contribution in [1.82, 2.24) is 10.3 Å². The minimum Gasteiger partial charge on any atom is -0.484 e. The van der Waals surface area contributed by atoms with Crippen LogP contribution in [0.3, 0.4) is 0 Å². The number of rotatable bonds is 4. The minimum absolute atomic E-state index is 0.0246. The third-order valence-corrected chi connectivity index (χ3v) is 3.74. The molecule has 6 heteroatoms. The van der Waals surface area contributed by atoms with Crippen LogP contribution in [0.5, 0.6) is 5.75 Å². The number of hydrogen-bond donors (Lipinski definition) is 2. The number of carbonyl (C=O) groups excluding carboxylic acids is 2. The van der Waals surface area contributed by atoms with E-state index >= 15 is 0 Å². The lowest BCUT2D eigenvalue weighted by atomic mass is 9.96. The molecule has 0 unspecified atom stereocenters. The number of nitrogens with zero attached hydrogens (tertiary/aromatic N) is 1. The van der Waals surface area contributed by atoms with Gasteiger partial charge in [0.1, 0.15) is 5.75 Å². The Bertz CT molecular complexity index is 493. The minimum atomic E-state index is -0.155. The number of piperidine rings is 1. The molecule has 114 valence electrons. The number of ether oxygens (including phenoxy) is 1. The fourth-order valence-electron chi connectivity index (χ4n) is 2.38. The zero-order valence-corrected chi connectivity index (χ0v) is 12.2. The standard InChI is InChI=1S/C15H21N3O3/c1-11-2-4-13(5-3-11)21-10-14(19)18-8-6-12(7-9-18)15(20)17-16/h2-5,12H,6-10,16H2,1H3,(H,17,20). The van der Waals surface area contributed by atoms with Crippen molar-refractivity contribution in [2.24, 2.45) is 11.8 Å². The second-order valence-corrected chi connectivity index (χ2v) is 5.27. The number of nitrogens with one attached hydrogen (secondary N) is 1. The van der Waals surface area contributed by atoms with Crippen LogP contribution in [-0.2, 0) is 9.59 Å². The fraction of sp³-hybridized carbons (Fsp3) is 0.467. The van der Waals surface area contributed by atoms with Gasteiger partial charge in [0.15, 0.2) is 6.61 Å². The summed E-state index contributed by atoms with van der Waals surface area (Å²) >= 11 is 0. The van der Waals surface area contributed by atoms with Crippen molar-refractivity contribution in [2.75, 3.05) is 19.7 Å². The summed E-state index contributed by atoms with van der Waals surface area (Å²) in [4.78, 5) is 25.2. The van der Waals surface area contributed by atoms with Crippen LogP contribution in [0.2, 0.25) is 0 Å². The van der Waals surface area contributed by atoms with E-state index in [1.165, 1.54) is 0 Å². The number of nitrogens with two attached hydrogens (primary N) is 1. The van der Waals surface area contributed by atoms with Gasteiger partial charge in [0, 0.05) is 19.0 Å². The quantitative estimate of drug-likeness (QED) is 0.483. The van der Waals surface area contributed by atoms with Crippen molar-refractivity contribution in [3.8, 4) is 5.75 Å². The molecule has 1 aromatic carbocycles. The topological polar surface area (TPSA) is 84.7 Å². The van der Waals surface area contributed by atoms with Crippen molar-refractivity contribution in [1.29, 1.82) is 0 Å². The van der Waals surface area contributed by atoms with Crippen LogP contribution < -0.4 is 16.0 Å². The normalized spacial score (nSPS) is 15.6. The Morgan fingerprint density at radius 3 is 2.48 bits per heavy atom. The van der Waals surface area contributed by atoms with E-state index in [-0.39, 0.29) is 24.3 Å². The highest BCUT2D eigenvalue weighted by molar-refractivity contribution is 5.80. The van der Waals surface area contributed by atoms with Gasteiger partial charge in [-0.05, 0) is 31.9 Å². The van der Waals surface area contributed by atoms with E-state index in [4.69, 9.17) is 10.6 Å². The fourth-order valence-corrected chi connectivity index (χ4v) is 2.38. The van der Waals surface area contributed by atoms with E-state index in [1.807, 2.05) is 31.2 Å². The predicted molar refractivity (Wildman–Crippen MR) is 78.3 cm³/mol. The molecule has 1 fully saturated rings. The lowest BCUT2D eigenvalue weighted by Crippen LogP contribution is -2.45. The molecule has 1 aliphatic rings. The maximum atomic E-state index is 12.1. The maximum Gasteiger partial charge on any atom is 0.260 e. The van der Waals surface area contributed by atoms with Crippen LogP contribution in [0.1, 0.15) is 18.4 Å². The average molecular weight is 291 g/mol. The molecule has 6 nitrogen and oxygen atoms in total. The molecule has 0 bridgehead atoms. The van der Waals surface area contributed by atoms with Crippen LogP contribution >= 0.6 is 0 Å². The van der Waals surface area contributed by atoms with Crippen molar-refractivity contribution in [3.63, 3.8) is 0 Å². The van der Waals surface area contributed by atoms with Gasteiger partial charge in [0.05, 0.1) is 0 Å². The Balaban J connectivity index is 1.77. The molecule has 0 saturated carbocycles.